The van der Waals surface area contributed by atoms with Crippen LogP contribution in [0.2, 0.25) is 0 Å². The van der Waals surface area contributed by atoms with Crippen LogP contribution in [0.4, 0.5) is 4.39 Å². The van der Waals surface area contributed by atoms with Gasteiger partial charge in [0.25, 0.3) is 0 Å². The molecule has 1 aliphatic carbocycles. The van der Waals surface area contributed by atoms with Crippen molar-refractivity contribution in [2.75, 3.05) is 0 Å². The number of halogens is 1. The first kappa shape index (κ1) is 13.9. The fourth-order valence-electron chi connectivity index (χ4n) is 2.22. The zero-order valence-electron chi connectivity index (χ0n) is 10.7. The lowest BCUT2D eigenvalue weighted by molar-refractivity contribution is 0.412. The molecule has 0 aromatic heterocycles. The minimum atomic E-state index is -0.271. The summed E-state index contributed by atoms with van der Waals surface area (Å²) >= 11 is 5.17. The van der Waals surface area contributed by atoms with E-state index in [0.717, 1.165) is 12.8 Å². The number of hydrazone groups is 1. The second-order valence-corrected chi connectivity index (χ2v) is 5.14. The molecule has 0 aliphatic heterocycles. The number of rotatable bonds is 3. The molecule has 0 radical (unpaired) electrons. The van der Waals surface area contributed by atoms with Crippen molar-refractivity contribution in [1.29, 1.82) is 0 Å². The second-order valence-electron chi connectivity index (χ2n) is 4.73. The summed E-state index contributed by atoms with van der Waals surface area (Å²) in [5.74, 6) is -0.271. The molecular formula is C14H18FN3S. The van der Waals surface area contributed by atoms with Gasteiger partial charge in [0.05, 0.1) is 6.21 Å². The van der Waals surface area contributed by atoms with E-state index in [4.69, 9.17) is 12.2 Å². The lowest BCUT2D eigenvalue weighted by Gasteiger charge is -2.23. The van der Waals surface area contributed by atoms with Gasteiger partial charge in [0.1, 0.15) is 5.82 Å². The van der Waals surface area contributed by atoms with Crippen LogP contribution in [0.15, 0.2) is 29.4 Å². The standard InChI is InChI=1S/C14H18FN3S/c15-12-6-4-5-11(9-12)10-16-18-14(19)17-13-7-2-1-3-8-13/h4-6,9-10,13H,1-3,7-8H2,(H2,17,18,19). The van der Waals surface area contributed by atoms with Gasteiger partial charge in [-0.3, -0.25) is 5.43 Å². The van der Waals surface area contributed by atoms with Crippen LogP contribution < -0.4 is 10.7 Å². The van der Waals surface area contributed by atoms with E-state index >= 15 is 0 Å². The highest BCUT2D eigenvalue weighted by molar-refractivity contribution is 7.80. The lowest BCUT2D eigenvalue weighted by atomic mass is 9.96. The van der Waals surface area contributed by atoms with E-state index in [2.05, 4.69) is 15.8 Å². The van der Waals surface area contributed by atoms with Crippen LogP contribution in [0.1, 0.15) is 37.7 Å². The second kappa shape index (κ2) is 7.19. The maximum Gasteiger partial charge on any atom is 0.187 e. The van der Waals surface area contributed by atoms with Crippen molar-refractivity contribution in [3.8, 4) is 0 Å². The van der Waals surface area contributed by atoms with Crippen molar-refractivity contribution < 1.29 is 4.39 Å². The molecule has 2 N–H and O–H groups in total. The van der Waals surface area contributed by atoms with Gasteiger partial charge in [-0.05, 0) is 42.8 Å². The quantitative estimate of drug-likeness (QED) is 0.507. The van der Waals surface area contributed by atoms with Crippen LogP contribution in [-0.4, -0.2) is 17.4 Å². The fraction of sp³-hybridized carbons (Fsp3) is 0.429. The van der Waals surface area contributed by atoms with Crippen LogP contribution in [0.5, 0.6) is 0 Å². The molecule has 1 aliphatic rings. The summed E-state index contributed by atoms with van der Waals surface area (Å²) in [6, 6.07) is 6.71. The van der Waals surface area contributed by atoms with Crippen molar-refractivity contribution >= 4 is 23.5 Å². The number of nitrogens with one attached hydrogen (secondary N) is 2. The Morgan fingerprint density at radius 2 is 2.11 bits per heavy atom. The van der Waals surface area contributed by atoms with E-state index < -0.39 is 0 Å². The molecule has 0 amide bonds. The summed E-state index contributed by atoms with van der Waals surface area (Å²) in [5.41, 5.74) is 3.47. The minimum Gasteiger partial charge on any atom is -0.359 e. The average molecular weight is 279 g/mol. The Balaban J connectivity index is 1.76. The highest BCUT2D eigenvalue weighted by Crippen LogP contribution is 2.17. The average Bonchev–Trinajstić information content (AvgIpc) is 2.40. The van der Waals surface area contributed by atoms with E-state index in [0.29, 0.717) is 16.7 Å². The Labute approximate surface area is 118 Å². The molecule has 1 aromatic rings. The molecular weight excluding hydrogens is 261 g/mol. The van der Waals surface area contributed by atoms with Gasteiger partial charge in [-0.15, -0.1) is 0 Å². The van der Waals surface area contributed by atoms with E-state index in [9.17, 15) is 4.39 Å². The molecule has 3 nitrogen and oxygen atoms in total. The Bertz CT molecular complexity index is 456. The first-order valence-electron chi connectivity index (χ1n) is 6.59. The van der Waals surface area contributed by atoms with Gasteiger partial charge in [-0.25, -0.2) is 4.39 Å². The Morgan fingerprint density at radius 1 is 1.32 bits per heavy atom. The molecule has 5 heteroatoms. The number of thiocarbonyl (C=S) groups is 1. The third kappa shape index (κ3) is 4.95. The largest absolute Gasteiger partial charge is 0.359 e. The minimum absolute atomic E-state index is 0.271. The van der Waals surface area contributed by atoms with Gasteiger partial charge >= 0.3 is 0 Å². The number of hydrogen-bond acceptors (Lipinski definition) is 2. The zero-order valence-corrected chi connectivity index (χ0v) is 11.5. The van der Waals surface area contributed by atoms with Crippen molar-refractivity contribution in [2.24, 2.45) is 5.10 Å². The fourth-order valence-corrected chi connectivity index (χ4v) is 2.44. The summed E-state index contributed by atoms with van der Waals surface area (Å²) in [7, 11) is 0. The highest BCUT2D eigenvalue weighted by atomic mass is 32.1. The van der Waals surface area contributed by atoms with Gasteiger partial charge in [0.15, 0.2) is 5.11 Å². The number of benzene rings is 1. The van der Waals surface area contributed by atoms with Crippen molar-refractivity contribution in [2.45, 2.75) is 38.1 Å². The summed E-state index contributed by atoms with van der Waals surface area (Å²) in [5, 5.41) is 7.78. The van der Waals surface area contributed by atoms with Crippen LogP contribution in [0.25, 0.3) is 0 Å². The third-order valence-electron chi connectivity index (χ3n) is 3.17. The van der Waals surface area contributed by atoms with E-state index in [1.807, 2.05) is 0 Å². The van der Waals surface area contributed by atoms with Gasteiger partial charge in [-0.2, -0.15) is 5.10 Å². The molecule has 0 spiro atoms. The molecule has 2 rings (SSSR count). The third-order valence-corrected chi connectivity index (χ3v) is 3.38. The first-order chi connectivity index (χ1) is 9.24. The van der Waals surface area contributed by atoms with Crippen molar-refractivity contribution in [1.82, 2.24) is 10.7 Å². The zero-order chi connectivity index (χ0) is 13.5. The Kier molecular flexibility index (Phi) is 5.27. The Morgan fingerprint density at radius 3 is 2.84 bits per heavy atom. The summed E-state index contributed by atoms with van der Waals surface area (Å²) in [4.78, 5) is 0. The summed E-state index contributed by atoms with van der Waals surface area (Å²) < 4.78 is 12.9. The summed E-state index contributed by atoms with van der Waals surface area (Å²) in [6.07, 6.45) is 7.71. The molecule has 0 heterocycles. The molecule has 102 valence electrons. The monoisotopic (exact) mass is 279 g/mol. The maximum atomic E-state index is 12.9. The van der Waals surface area contributed by atoms with Crippen LogP contribution in [0.3, 0.4) is 0 Å². The molecule has 1 saturated carbocycles. The van der Waals surface area contributed by atoms with E-state index in [-0.39, 0.29) is 5.82 Å². The molecule has 19 heavy (non-hydrogen) atoms. The number of nitrogens with zero attached hydrogens (tertiary/aromatic N) is 1. The molecule has 0 bridgehead atoms. The van der Waals surface area contributed by atoms with E-state index in [1.165, 1.54) is 31.4 Å². The Hall–Kier alpha value is -1.49. The predicted molar refractivity (Wildman–Crippen MR) is 79.7 cm³/mol. The molecule has 0 unspecified atom stereocenters. The summed E-state index contributed by atoms with van der Waals surface area (Å²) in [6.45, 7) is 0. The predicted octanol–water partition coefficient (Wildman–Crippen LogP) is 2.96. The van der Waals surface area contributed by atoms with Crippen molar-refractivity contribution in [3.63, 3.8) is 0 Å². The molecule has 0 atom stereocenters. The van der Waals surface area contributed by atoms with Gasteiger partial charge in [0, 0.05) is 6.04 Å². The van der Waals surface area contributed by atoms with Gasteiger partial charge in [-0.1, -0.05) is 31.4 Å². The highest BCUT2D eigenvalue weighted by Gasteiger charge is 2.13. The molecule has 1 aromatic carbocycles. The van der Waals surface area contributed by atoms with Crippen LogP contribution in [0, 0.1) is 5.82 Å². The van der Waals surface area contributed by atoms with Crippen LogP contribution in [-0.2, 0) is 0 Å². The molecule has 0 saturated heterocycles. The maximum absolute atomic E-state index is 12.9. The van der Waals surface area contributed by atoms with Crippen LogP contribution >= 0.6 is 12.2 Å². The van der Waals surface area contributed by atoms with Gasteiger partial charge in [0.2, 0.25) is 0 Å². The topological polar surface area (TPSA) is 36.4 Å². The smallest absolute Gasteiger partial charge is 0.187 e. The van der Waals surface area contributed by atoms with Crippen molar-refractivity contribution in [3.05, 3.63) is 35.6 Å². The number of hydrogen-bond donors (Lipinski definition) is 2. The normalized spacial score (nSPS) is 16.5. The van der Waals surface area contributed by atoms with Gasteiger partial charge < -0.3 is 5.32 Å². The van der Waals surface area contributed by atoms with E-state index in [1.54, 1.807) is 18.3 Å². The SMILES string of the molecule is Fc1cccc(C=NNC(=S)NC2CCCCC2)c1. The first-order valence-corrected chi connectivity index (χ1v) is 7.00. The molecule has 1 fully saturated rings. The lowest BCUT2D eigenvalue weighted by Crippen LogP contribution is -2.40.